The van der Waals surface area contributed by atoms with Gasteiger partial charge >= 0.3 is 0 Å². The summed E-state index contributed by atoms with van der Waals surface area (Å²) in [6.45, 7) is 0. The van der Waals surface area contributed by atoms with Crippen molar-refractivity contribution in [3.63, 3.8) is 0 Å². The normalized spacial score (nSPS) is 12.3. The highest BCUT2D eigenvalue weighted by atomic mass is 16.5. The summed E-state index contributed by atoms with van der Waals surface area (Å²) >= 11 is 0. The first-order chi connectivity index (χ1) is 26.3. The predicted octanol–water partition coefficient (Wildman–Crippen LogP) is 12.8. The fourth-order valence-electron chi connectivity index (χ4n) is 8.04. The Bertz CT molecular complexity index is 3040. The van der Waals surface area contributed by atoms with Crippen LogP contribution in [0.25, 0.3) is 71.8 Å². The molecular formula is C48H30N4O. The Morgan fingerprint density at radius 1 is 0.472 bits per heavy atom. The van der Waals surface area contributed by atoms with Crippen LogP contribution in [0.3, 0.4) is 0 Å². The number of hydrogen-bond acceptors (Lipinski definition) is 4. The molecule has 5 nitrogen and oxygen atoms in total. The van der Waals surface area contributed by atoms with Crippen LogP contribution in [0.5, 0.6) is 11.5 Å². The SMILES string of the molecule is c1ccc(-c2nc(-n3c4ccc5ccccc5c4c4cccc(-c5ccc6c(c5)Oc5ccccc5N6c5ccccc5)c43)nc3ccccc23)cc1. The number of aromatic nitrogens is 3. The van der Waals surface area contributed by atoms with Gasteiger partial charge < -0.3 is 9.64 Å². The standard InChI is InChI=1S/C48H30N4O/c1-3-15-32(16-4-1)46-37-20-9-10-23-39(37)49-48(50-46)52-42-29-26-31-14-7-8-19-35(31)45(42)38-22-13-21-36(47(38)52)33-27-28-41-44(30-33)53-43-25-12-11-24-40(43)51(41)34-17-5-2-6-18-34/h1-30H. The third-order valence-electron chi connectivity index (χ3n) is 10.4. The van der Waals surface area contributed by atoms with Crippen molar-refractivity contribution in [3.8, 4) is 39.8 Å². The first-order valence-corrected chi connectivity index (χ1v) is 17.8. The van der Waals surface area contributed by atoms with Gasteiger partial charge in [0.25, 0.3) is 0 Å². The first kappa shape index (κ1) is 29.5. The highest BCUT2D eigenvalue weighted by Gasteiger charge is 2.27. The smallest absolute Gasteiger partial charge is 0.235 e. The van der Waals surface area contributed by atoms with E-state index in [1.165, 1.54) is 16.2 Å². The summed E-state index contributed by atoms with van der Waals surface area (Å²) < 4.78 is 8.94. The molecule has 53 heavy (non-hydrogen) atoms. The van der Waals surface area contributed by atoms with Crippen molar-refractivity contribution in [2.75, 3.05) is 4.90 Å². The molecule has 5 heteroatoms. The lowest BCUT2D eigenvalue weighted by atomic mass is 9.99. The van der Waals surface area contributed by atoms with Gasteiger partial charge in [-0.25, -0.2) is 9.97 Å². The molecule has 0 fully saturated rings. The molecule has 10 aromatic rings. The quantitative estimate of drug-likeness (QED) is 0.186. The second-order valence-electron chi connectivity index (χ2n) is 13.4. The van der Waals surface area contributed by atoms with Crippen LogP contribution in [-0.4, -0.2) is 14.5 Å². The topological polar surface area (TPSA) is 43.2 Å². The van der Waals surface area contributed by atoms with E-state index in [0.717, 1.165) is 78.3 Å². The van der Waals surface area contributed by atoms with Gasteiger partial charge in [0, 0.05) is 33.0 Å². The van der Waals surface area contributed by atoms with Gasteiger partial charge in [-0.3, -0.25) is 4.57 Å². The molecule has 0 aliphatic carbocycles. The van der Waals surface area contributed by atoms with Crippen molar-refractivity contribution in [1.82, 2.24) is 14.5 Å². The number of rotatable bonds is 4. The van der Waals surface area contributed by atoms with Crippen molar-refractivity contribution in [2.45, 2.75) is 0 Å². The van der Waals surface area contributed by atoms with E-state index in [-0.39, 0.29) is 0 Å². The Balaban J connectivity index is 1.20. The maximum Gasteiger partial charge on any atom is 0.235 e. The van der Waals surface area contributed by atoms with E-state index in [0.29, 0.717) is 5.95 Å². The van der Waals surface area contributed by atoms with Gasteiger partial charge in [0.1, 0.15) is 0 Å². The van der Waals surface area contributed by atoms with Crippen molar-refractivity contribution in [2.24, 2.45) is 0 Å². The Kier molecular flexibility index (Phi) is 6.48. The molecule has 1 aliphatic rings. The zero-order chi connectivity index (χ0) is 34.9. The minimum atomic E-state index is 0.628. The molecule has 0 radical (unpaired) electrons. The number of nitrogens with zero attached hydrogens (tertiary/aromatic N) is 4. The lowest BCUT2D eigenvalue weighted by Crippen LogP contribution is -2.15. The summed E-state index contributed by atoms with van der Waals surface area (Å²) in [6, 6.07) is 63.5. The Hall–Kier alpha value is -7.24. The maximum atomic E-state index is 6.67. The van der Waals surface area contributed by atoms with Crippen molar-refractivity contribution < 1.29 is 4.74 Å². The molecule has 11 rings (SSSR count). The van der Waals surface area contributed by atoms with Crippen LogP contribution in [-0.2, 0) is 0 Å². The van der Waals surface area contributed by atoms with Gasteiger partial charge in [-0.2, -0.15) is 0 Å². The van der Waals surface area contributed by atoms with E-state index < -0.39 is 0 Å². The number of anilines is 3. The van der Waals surface area contributed by atoms with Crippen molar-refractivity contribution in [1.29, 1.82) is 0 Å². The summed E-state index contributed by atoms with van der Waals surface area (Å²) in [5.74, 6) is 2.24. The molecule has 0 N–H and O–H groups in total. The van der Waals surface area contributed by atoms with Crippen LogP contribution in [0, 0.1) is 0 Å². The van der Waals surface area contributed by atoms with Crippen LogP contribution >= 0.6 is 0 Å². The lowest BCUT2D eigenvalue weighted by Gasteiger charge is -2.33. The average Bonchev–Trinajstić information content (AvgIpc) is 3.58. The van der Waals surface area contributed by atoms with Gasteiger partial charge in [-0.05, 0) is 64.9 Å². The largest absolute Gasteiger partial charge is 0.453 e. The Morgan fingerprint density at radius 2 is 1.19 bits per heavy atom. The van der Waals surface area contributed by atoms with E-state index in [1.54, 1.807) is 0 Å². The molecule has 248 valence electrons. The summed E-state index contributed by atoms with van der Waals surface area (Å²) in [4.78, 5) is 12.9. The molecule has 0 saturated heterocycles. The highest BCUT2D eigenvalue weighted by molar-refractivity contribution is 6.23. The summed E-state index contributed by atoms with van der Waals surface area (Å²) in [7, 11) is 0. The summed E-state index contributed by atoms with van der Waals surface area (Å²) in [6.07, 6.45) is 0. The van der Waals surface area contributed by atoms with Gasteiger partial charge in [0.05, 0.1) is 33.6 Å². The lowest BCUT2D eigenvalue weighted by molar-refractivity contribution is 0.477. The molecule has 0 saturated carbocycles. The molecule has 2 aromatic heterocycles. The van der Waals surface area contributed by atoms with Crippen LogP contribution in [0.4, 0.5) is 17.1 Å². The zero-order valence-corrected chi connectivity index (χ0v) is 28.5. The molecule has 0 spiro atoms. The van der Waals surface area contributed by atoms with E-state index in [9.17, 15) is 0 Å². The van der Waals surface area contributed by atoms with Crippen LogP contribution < -0.4 is 9.64 Å². The molecule has 0 amide bonds. The third kappa shape index (κ3) is 4.57. The van der Waals surface area contributed by atoms with Crippen molar-refractivity contribution in [3.05, 3.63) is 182 Å². The van der Waals surface area contributed by atoms with E-state index in [1.807, 2.05) is 30.3 Å². The summed E-state index contributed by atoms with van der Waals surface area (Å²) in [5.41, 5.74) is 10.1. The molecule has 0 atom stereocenters. The number of para-hydroxylation sites is 5. The van der Waals surface area contributed by atoms with Gasteiger partial charge in [-0.15, -0.1) is 0 Å². The Labute approximate surface area is 305 Å². The van der Waals surface area contributed by atoms with E-state index >= 15 is 0 Å². The number of benzene rings is 8. The molecule has 0 bridgehead atoms. The number of ether oxygens (including phenoxy) is 1. The predicted molar refractivity (Wildman–Crippen MR) is 217 cm³/mol. The van der Waals surface area contributed by atoms with E-state index in [2.05, 4.69) is 161 Å². The molecule has 0 unspecified atom stereocenters. The Morgan fingerprint density at radius 3 is 2.08 bits per heavy atom. The second kappa shape index (κ2) is 11.7. The minimum Gasteiger partial charge on any atom is -0.453 e. The van der Waals surface area contributed by atoms with Gasteiger partial charge in [0.2, 0.25) is 5.95 Å². The van der Waals surface area contributed by atoms with Crippen molar-refractivity contribution >= 4 is 60.5 Å². The monoisotopic (exact) mass is 678 g/mol. The van der Waals surface area contributed by atoms with Crippen LogP contribution in [0.1, 0.15) is 0 Å². The zero-order valence-electron chi connectivity index (χ0n) is 28.5. The molecular weight excluding hydrogens is 649 g/mol. The van der Waals surface area contributed by atoms with Gasteiger partial charge in [-0.1, -0.05) is 133 Å². The van der Waals surface area contributed by atoms with Crippen LogP contribution in [0.2, 0.25) is 0 Å². The average molecular weight is 679 g/mol. The maximum absolute atomic E-state index is 6.67. The molecule has 3 heterocycles. The molecule has 1 aliphatic heterocycles. The van der Waals surface area contributed by atoms with Crippen LogP contribution in [0.15, 0.2) is 182 Å². The molecule has 8 aromatic carbocycles. The fourth-order valence-corrected chi connectivity index (χ4v) is 8.04. The third-order valence-corrected chi connectivity index (χ3v) is 10.4. The number of hydrogen-bond donors (Lipinski definition) is 0. The minimum absolute atomic E-state index is 0.628. The van der Waals surface area contributed by atoms with Gasteiger partial charge in [0.15, 0.2) is 11.5 Å². The van der Waals surface area contributed by atoms with E-state index in [4.69, 9.17) is 14.7 Å². The second-order valence-corrected chi connectivity index (χ2v) is 13.4. The number of fused-ring (bicyclic) bond motifs is 8. The first-order valence-electron chi connectivity index (χ1n) is 17.8. The summed E-state index contributed by atoms with van der Waals surface area (Å²) in [5, 5.41) is 5.72. The fraction of sp³-hybridized carbons (Fsp3) is 0. The highest BCUT2D eigenvalue weighted by Crippen LogP contribution is 2.52.